The van der Waals surface area contributed by atoms with Crippen LogP contribution in [0.1, 0.15) is 22.2 Å². The zero-order chi connectivity index (χ0) is 13.2. The van der Waals surface area contributed by atoms with Crippen molar-refractivity contribution in [1.29, 1.82) is 5.26 Å². The Morgan fingerprint density at radius 3 is 3.00 bits per heavy atom. The number of aryl methyl sites for hydroxylation is 1. The number of hydrogen-bond acceptors (Lipinski definition) is 6. The lowest BCUT2D eigenvalue weighted by molar-refractivity contribution is 0.423. The molecule has 0 aliphatic carbocycles. The Morgan fingerprint density at radius 1 is 1.42 bits per heavy atom. The van der Waals surface area contributed by atoms with E-state index in [0.717, 1.165) is 10.7 Å². The Morgan fingerprint density at radius 2 is 2.32 bits per heavy atom. The maximum Gasteiger partial charge on any atom is 0.274 e. The molecule has 94 valence electrons. The highest BCUT2D eigenvalue weighted by Gasteiger charge is 2.12. The molecule has 3 aromatic heterocycles. The number of nitriles is 1. The molecule has 7 heteroatoms. The highest BCUT2D eigenvalue weighted by Crippen LogP contribution is 2.18. The number of H-pyrrole nitrogens is 1. The Hall–Kier alpha value is -2.46. The van der Waals surface area contributed by atoms with Crippen molar-refractivity contribution in [1.82, 2.24) is 20.1 Å². The van der Waals surface area contributed by atoms with Crippen LogP contribution in [0.3, 0.4) is 0 Å². The minimum absolute atomic E-state index is 0.379. The largest absolute Gasteiger partial charge is 0.342 e. The third-order valence-electron chi connectivity index (χ3n) is 2.48. The molecule has 0 amide bonds. The SMILES string of the molecule is Cc1csc(Cc2noc(-c3ccc(C#N)[nH]3)n2)n1. The van der Waals surface area contributed by atoms with Crippen LogP contribution in [-0.2, 0) is 6.42 Å². The van der Waals surface area contributed by atoms with E-state index < -0.39 is 0 Å². The van der Waals surface area contributed by atoms with Gasteiger partial charge in [0, 0.05) is 11.1 Å². The zero-order valence-electron chi connectivity index (χ0n) is 10.0. The van der Waals surface area contributed by atoms with Gasteiger partial charge >= 0.3 is 0 Å². The number of aromatic nitrogens is 4. The van der Waals surface area contributed by atoms with Crippen molar-refractivity contribution >= 4 is 11.3 Å². The van der Waals surface area contributed by atoms with Crippen molar-refractivity contribution in [2.45, 2.75) is 13.3 Å². The molecule has 0 radical (unpaired) electrons. The summed E-state index contributed by atoms with van der Waals surface area (Å²) in [6, 6.07) is 5.42. The smallest absolute Gasteiger partial charge is 0.274 e. The molecule has 0 saturated heterocycles. The number of rotatable bonds is 3. The van der Waals surface area contributed by atoms with E-state index in [-0.39, 0.29) is 0 Å². The minimum atomic E-state index is 0.379. The molecular weight excluding hydrogens is 262 g/mol. The summed E-state index contributed by atoms with van der Waals surface area (Å²) in [7, 11) is 0. The molecule has 0 aliphatic rings. The summed E-state index contributed by atoms with van der Waals surface area (Å²) in [6.07, 6.45) is 0.549. The fraction of sp³-hybridized carbons (Fsp3) is 0.167. The average molecular weight is 271 g/mol. The van der Waals surface area contributed by atoms with E-state index in [4.69, 9.17) is 9.78 Å². The first kappa shape index (κ1) is 11.6. The second-order valence-electron chi connectivity index (χ2n) is 3.97. The van der Waals surface area contributed by atoms with Crippen LogP contribution < -0.4 is 0 Å². The van der Waals surface area contributed by atoms with E-state index in [1.165, 1.54) is 0 Å². The Labute approximate surface area is 112 Å². The monoisotopic (exact) mass is 271 g/mol. The highest BCUT2D eigenvalue weighted by molar-refractivity contribution is 7.09. The summed E-state index contributed by atoms with van der Waals surface area (Å²) in [4.78, 5) is 11.5. The molecule has 0 unspecified atom stereocenters. The third kappa shape index (κ3) is 2.39. The van der Waals surface area contributed by atoms with Crippen LogP contribution >= 0.6 is 11.3 Å². The first-order valence-corrected chi connectivity index (χ1v) is 6.45. The first-order valence-electron chi connectivity index (χ1n) is 5.57. The van der Waals surface area contributed by atoms with Crippen LogP contribution in [0.2, 0.25) is 0 Å². The van der Waals surface area contributed by atoms with Crippen LogP contribution in [0.5, 0.6) is 0 Å². The molecular formula is C12H9N5OS. The van der Waals surface area contributed by atoms with Crippen LogP contribution in [0.25, 0.3) is 11.6 Å². The van der Waals surface area contributed by atoms with Gasteiger partial charge in [0.1, 0.15) is 22.5 Å². The number of nitrogens with zero attached hydrogens (tertiary/aromatic N) is 4. The molecule has 0 atom stereocenters. The molecule has 0 aromatic carbocycles. The Kier molecular flexibility index (Phi) is 2.85. The summed E-state index contributed by atoms with van der Waals surface area (Å²) >= 11 is 1.57. The van der Waals surface area contributed by atoms with Gasteiger partial charge in [-0.1, -0.05) is 5.16 Å². The normalized spacial score (nSPS) is 10.5. The van der Waals surface area contributed by atoms with Gasteiger partial charge in [-0.15, -0.1) is 11.3 Å². The van der Waals surface area contributed by atoms with Gasteiger partial charge in [0.2, 0.25) is 0 Å². The minimum Gasteiger partial charge on any atom is -0.342 e. The number of aromatic amines is 1. The highest BCUT2D eigenvalue weighted by atomic mass is 32.1. The molecule has 0 spiro atoms. The van der Waals surface area contributed by atoms with E-state index in [9.17, 15) is 0 Å². The van der Waals surface area contributed by atoms with E-state index in [0.29, 0.717) is 29.5 Å². The molecule has 1 N–H and O–H groups in total. The number of nitrogens with one attached hydrogen (secondary N) is 1. The first-order chi connectivity index (χ1) is 9.24. The lowest BCUT2D eigenvalue weighted by atomic mass is 10.4. The van der Waals surface area contributed by atoms with Crippen LogP contribution in [0, 0.1) is 18.3 Å². The van der Waals surface area contributed by atoms with E-state index in [1.807, 2.05) is 18.4 Å². The Balaban J connectivity index is 1.81. The maximum atomic E-state index is 8.75. The number of hydrogen-bond donors (Lipinski definition) is 1. The second-order valence-corrected chi connectivity index (χ2v) is 4.92. The summed E-state index contributed by atoms with van der Waals surface area (Å²) in [6.45, 7) is 1.95. The van der Waals surface area contributed by atoms with Crippen molar-refractivity contribution in [3.8, 4) is 17.7 Å². The average Bonchev–Trinajstić information content (AvgIpc) is 3.10. The van der Waals surface area contributed by atoms with Crippen LogP contribution in [-0.4, -0.2) is 20.1 Å². The summed E-state index contributed by atoms with van der Waals surface area (Å²) in [5.41, 5.74) is 2.10. The molecule has 3 aromatic rings. The quantitative estimate of drug-likeness (QED) is 0.789. The molecule has 0 bridgehead atoms. The molecule has 0 fully saturated rings. The van der Waals surface area contributed by atoms with Crippen LogP contribution in [0.4, 0.5) is 0 Å². The van der Waals surface area contributed by atoms with Crippen molar-refractivity contribution in [2.75, 3.05) is 0 Å². The van der Waals surface area contributed by atoms with Gasteiger partial charge in [0.05, 0.1) is 6.42 Å². The van der Waals surface area contributed by atoms with Gasteiger partial charge < -0.3 is 9.51 Å². The molecule has 19 heavy (non-hydrogen) atoms. The maximum absolute atomic E-state index is 8.75. The van der Waals surface area contributed by atoms with Crippen LogP contribution in [0.15, 0.2) is 22.0 Å². The zero-order valence-corrected chi connectivity index (χ0v) is 10.9. The van der Waals surface area contributed by atoms with Gasteiger partial charge in [-0.25, -0.2) is 4.98 Å². The lowest BCUT2D eigenvalue weighted by Gasteiger charge is -1.87. The fourth-order valence-electron chi connectivity index (χ4n) is 1.64. The van der Waals surface area contributed by atoms with Gasteiger partial charge in [-0.3, -0.25) is 0 Å². The van der Waals surface area contributed by atoms with Gasteiger partial charge in [-0.05, 0) is 19.1 Å². The van der Waals surface area contributed by atoms with Gasteiger partial charge in [0.25, 0.3) is 5.89 Å². The summed E-state index contributed by atoms with van der Waals surface area (Å²) in [5, 5.41) is 15.6. The molecule has 0 saturated carbocycles. The van der Waals surface area contributed by atoms with Crippen molar-refractivity contribution in [3.05, 3.63) is 39.7 Å². The third-order valence-corrected chi connectivity index (χ3v) is 3.45. The van der Waals surface area contributed by atoms with Crippen molar-refractivity contribution < 1.29 is 4.52 Å². The van der Waals surface area contributed by atoms with E-state index in [2.05, 4.69) is 20.1 Å². The summed E-state index contributed by atoms with van der Waals surface area (Å²) < 4.78 is 5.16. The predicted octanol–water partition coefficient (Wildman–Crippen LogP) is 2.29. The fourth-order valence-corrected chi connectivity index (χ4v) is 2.41. The van der Waals surface area contributed by atoms with Gasteiger partial charge in [-0.2, -0.15) is 10.2 Å². The topological polar surface area (TPSA) is 91.4 Å². The Bertz CT molecular complexity index is 748. The van der Waals surface area contributed by atoms with Gasteiger partial charge in [0.15, 0.2) is 5.82 Å². The van der Waals surface area contributed by atoms with E-state index in [1.54, 1.807) is 23.5 Å². The molecule has 0 aliphatic heterocycles. The predicted molar refractivity (Wildman–Crippen MR) is 68.5 cm³/mol. The second kappa shape index (κ2) is 4.66. The lowest BCUT2D eigenvalue weighted by Crippen LogP contribution is -1.90. The van der Waals surface area contributed by atoms with Crippen molar-refractivity contribution in [3.63, 3.8) is 0 Å². The molecule has 6 nitrogen and oxygen atoms in total. The van der Waals surface area contributed by atoms with E-state index >= 15 is 0 Å². The van der Waals surface area contributed by atoms with Crippen molar-refractivity contribution in [2.24, 2.45) is 0 Å². The molecule has 3 rings (SSSR count). The number of thiazole rings is 1. The standard InChI is InChI=1S/C12H9N5OS/c1-7-6-19-11(14-7)4-10-16-12(18-17-10)9-3-2-8(5-13)15-9/h2-3,6,15H,4H2,1H3. The molecule has 3 heterocycles. The summed E-state index contributed by atoms with van der Waals surface area (Å²) in [5.74, 6) is 0.960.